The number of esters is 1. The maximum absolute atomic E-state index is 12.5. The summed E-state index contributed by atoms with van der Waals surface area (Å²) in [7, 11) is 0. The molecular weight excluding hydrogens is 1020 g/mol. The van der Waals surface area contributed by atoms with E-state index < -0.39 is 12.1 Å². The zero-order valence-electron chi connectivity index (χ0n) is 56.7. The van der Waals surface area contributed by atoms with E-state index in [-0.39, 0.29) is 18.5 Å². The Morgan fingerprint density at radius 2 is 0.566 bits per heavy atom. The van der Waals surface area contributed by atoms with E-state index in [1.54, 1.807) is 0 Å². The van der Waals surface area contributed by atoms with Crippen LogP contribution in [-0.4, -0.2) is 47.4 Å². The average Bonchev–Trinajstić information content (AvgIpc) is 3.49. The average molecular weight is 1170 g/mol. The Hall–Kier alpha value is -1.40. The van der Waals surface area contributed by atoms with Gasteiger partial charge >= 0.3 is 5.97 Å². The van der Waals surface area contributed by atoms with E-state index in [1.807, 2.05) is 0 Å². The van der Waals surface area contributed by atoms with Crippen molar-refractivity contribution in [2.45, 2.75) is 456 Å². The summed E-state index contributed by atoms with van der Waals surface area (Å²) in [5.41, 5.74) is 0. The van der Waals surface area contributed by atoms with Gasteiger partial charge in [-0.25, -0.2) is 0 Å². The van der Waals surface area contributed by atoms with Crippen molar-refractivity contribution in [1.82, 2.24) is 5.32 Å². The third-order valence-electron chi connectivity index (χ3n) is 18.3. The zero-order chi connectivity index (χ0) is 59.9. The van der Waals surface area contributed by atoms with Crippen molar-refractivity contribution in [3.8, 4) is 0 Å². The van der Waals surface area contributed by atoms with Crippen LogP contribution in [0.5, 0.6) is 0 Å². The van der Waals surface area contributed by atoms with E-state index >= 15 is 0 Å². The summed E-state index contributed by atoms with van der Waals surface area (Å²) >= 11 is 0. The Balaban J connectivity index is 3.34. The maximum atomic E-state index is 12.5. The monoisotopic (exact) mass is 1170 g/mol. The van der Waals surface area contributed by atoms with Crippen LogP contribution in [0, 0.1) is 0 Å². The molecule has 2 unspecified atom stereocenters. The maximum Gasteiger partial charge on any atom is 0.305 e. The number of allylic oxidation sites excluding steroid dienone is 2. The van der Waals surface area contributed by atoms with Gasteiger partial charge in [-0.2, -0.15) is 0 Å². The molecule has 0 radical (unpaired) electrons. The Labute approximate surface area is 520 Å². The van der Waals surface area contributed by atoms with Gasteiger partial charge in [0.2, 0.25) is 5.91 Å². The lowest BCUT2D eigenvalue weighted by Crippen LogP contribution is -2.45. The molecule has 6 heteroatoms. The minimum atomic E-state index is -0.663. The van der Waals surface area contributed by atoms with Gasteiger partial charge in [0.05, 0.1) is 25.4 Å². The molecule has 0 bridgehead atoms. The van der Waals surface area contributed by atoms with Crippen LogP contribution >= 0.6 is 0 Å². The van der Waals surface area contributed by atoms with Gasteiger partial charge in [-0.3, -0.25) is 9.59 Å². The topological polar surface area (TPSA) is 95.9 Å². The molecule has 6 nitrogen and oxygen atoms in total. The van der Waals surface area contributed by atoms with Crippen LogP contribution in [-0.2, 0) is 14.3 Å². The fraction of sp³-hybridized carbons (Fsp3) is 0.948. The van der Waals surface area contributed by atoms with Crippen molar-refractivity contribution in [3.63, 3.8) is 0 Å². The largest absolute Gasteiger partial charge is 0.466 e. The van der Waals surface area contributed by atoms with Crippen LogP contribution in [0.1, 0.15) is 444 Å². The lowest BCUT2D eigenvalue weighted by atomic mass is 10.0. The molecule has 0 aliphatic carbocycles. The third kappa shape index (κ3) is 69.6. The highest BCUT2D eigenvalue weighted by molar-refractivity contribution is 5.76. The number of aliphatic hydroxyl groups excluding tert-OH is 2. The van der Waals surface area contributed by atoms with Crippen LogP contribution in [0.2, 0.25) is 0 Å². The van der Waals surface area contributed by atoms with Gasteiger partial charge < -0.3 is 20.3 Å². The fourth-order valence-electron chi connectivity index (χ4n) is 12.5. The fourth-order valence-corrected chi connectivity index (χ4v) is 12.5. The number of nitrogens with one attached hydrogen (secondary N) is 1. The zero-order valence-corrected chi connectivity index (χ0v) is 56.7. The van der Waals surface area contributed by atoms with Crippen LogP contribution in [0.3, 0.4) is 0 Å². The molecule has 0 aromatic carbocycles. The van der Waals surface area contributed by atoms with E-state index in [4.69, 9.17) is 4.74 Å². The molecule has 3 N–H and O–H groups in total. The van der Waals surface area contributed by atoms with Crippen molar-refractivity contribution in [2.24, 2.45) is 0 Å². The third-order valence-corrected chi connectivity index (χ3v) is 18.3. The molecule has 0 rings (SSSR count). The molecule has 0 saturated heterocycles. The molecule has 0 fully saturated rings. The Bertz CT molecular complexity index is 1260. The predicted octanol–water partition coefficient (Wildman–Crippen LogP) is 25.1. The summed E-state index contributed by atoms with van der Waals surface area (Å²) in [5, 5.41) is 23.4. The lowest BCUT2D eigenvalue weighted by molar-refractivity contribution is -0.143. The molecule has 0 aromatic heterocycles. The van der Waals surface area contributed by atoms with Crippen molar-refractivity contribution in [1.29, 1.82) is 0 Å². The number of carbonyl (C=O) groups is 2. The van der Waals surface area contributed by atoms with E-state index in [1.165, 1.54) is 372 Å². The second-order valence-electron chi connectivity index (χ2n) is 26.7. The molecule has 0 aliphatic rings. The number of hydrogen-bond acceptors (Lipinski definition) is 5. The molecule has 2 atom stereocenters. The van der Waals surface area contributed by atoms with Crippen LogP contribution in [0.25, 0.3) is 0 Å². The van der Waals surface area contributed by atoms with Gasteiger partial charge in [-0.1, -0.05) is 392 Å². The highest BCUT2D eigenvalue weighted by Gasteiger charge is 2.20. The van der Waals surface area contributed by atoms with Crippen molar-refractivity contribution in [3.05, 3.63) is 12.2 Å². The van der Waals surface area contributed by atoms with Gasteiger partial charge in [0, 0.05) is 12.8 Å². The van der Waals surface area contributed by atoms with E-state index in [2.05, 4.69) is 31.3 Å². The van der Waals surface area contributed by atoms with Crippen molar-refractivity contribution in [2.75, 3.05) is 13.2 Å². The minimum absolute atomic E-state index is 0.0224. The normalized spacial score (nSPS) is 12.5. The van der Waals surface area contributed by atoms with E-state index in [0.717, 1.165) is 38.5 Å². The summed E-state index contributed by atoms with van der Waals surface area (Å²) in [4.78, 5) is 24.6. The first-order valence-corrected chi connectivity index (χ1v) is 38.4. The molecule has 0 saturated carbocycles. The number of aliphatic hydroxyl groups is 2. The minimum Gasteiger partial charge on any atom is -0.466 e. The van der Waals surface area contributed by atoms with Crippen LogP contribution in [0.15, 0.2) is 12.2 Å². The smallest absolute Gasteiger partial charge is 0.305 e. The highest BCUT2D eigenvalue weighted by Crippen LogP contribution is 2.20. The van der Waals surface area contributed by atoms with Gasteiger partial charge in [0.25, 0.3) is 0 Å². The van der Waals surface area contributed by atoms with E-state index in [0.29, 0.717) is 25.9 Å². The Kier molecular flexibility index (Phi) is 71.8. The Morgan fingerprint density at radius 1 is 0.325 bits per heavy atom. The number of carbonyl (C=O) groups excluding carboxylic acids is 2. The predicted molar refractivity (Wildman–Crippen MR) is 366 cm³/mol. The first kappa shape index (κ1) is 81.6. The van der Waals surface area contributed by atoms with Crippen LogP contribution < -0.4 is 5.32 Å². The SMILES string of the molecule is CCCCCCCCCCCCCCCCCCCCCC(O)C(CO)NC(=O)CCCCCCCCCCCCCCCCC/C=C\CCCCCCCCCCCCCCOC(=O)CCCCCCCCCCCCCCCCCC. The van der Waals surface area contributed by atoms with Crippen molar-refractivity contribution >= 4 is 11.9 Å². The first-order chi connectivity index (χ1) is 41.0. The Morgan fingerprint density at radius 3 is 0.855 bits per heavy atom. The molecule has 83 heavy (non-hydrogen) atoms. The highest BCUT2D eigenvalue weighted by atomic mass is 16.5. The number of ether oxygens (including phenoxy) is 1. The number of rotatable bonds is 73. The summed E-state index contributed by atoms with van der Waals surface area (Å²) in [5.74, 6) is -0.00548. The van der Waals surface area contributed by atoms with Gasteiger partial charge in [-0.15, -0.1) is 0 Å². The summed E-state index contributed by atoms with van der Waals surface area (Å²) in [6.07, 6.45) is 91.5. The molecule has 0 aromatic rings. The molecule has 0 aliphatic heterocycles. The second kappa shape index (κ2) is 73.1. The second-order valence-corrected chi connectivity index (χ2v) is 26.7. The number of amides is 1. The molecule has 0 heterocycles. The molecule has 0 spiro atoms. The summed E-state index contributed by atoms with van der Waals surface area (Å²) in [6, 6.07) is -0.540. The number of hydrogen-bond donors (Lipinski definition) is 3. The van der Waals surface area contributed by atoms with Gasteiger partial charge in [0.15, 0.2) is 0 Å². The van der Waals surface area contributed by atoms with E-state index in [9.17, 15) is 19.8 Å². The molecule has 494 valence electrons. The first-order valence-electron chi connectivity index (χ1n) is 38.4. The van der Waals surface area contributed by atoms with Gasteiger partial charge in [-0.05, 0) is 51.4 Å². The van der Waals surface area contributed by atoms with Gasteiger partial charge in [0.1, 0.15) is 0 Å². The van der Waals surface area contributed by atoms with Crippen LogP contribution in [0.4, 0.5) is 0 Å². The lowest BCUT2D eigenvalue weighted by Gasteiger charge is -2.22. The standard InChI is InChI=1S/C77H151NO5/c1-3-5-7-9-11-13-15-17-19-21-35-38-41-45-49-53-57-61-65-69-75(80)74(73-79)78-76(81)70-66-62-58-54-50-46-42-39-36-33-31-29-27-25-23-22-24-26-28-30-32-34-37-40-44-48-52-56-60-64-68-72-83-77(82)71-67-63-59-55-51-47-43-20-18-16-14-12-10-8-6-4-2/h24,26,74-75,79-80H,3-23,25,27-73H2,1-2H3,(H,78,81)/b26-24-. The molecule has 1 amide bonds. The van der Waals surface area contributed by atoms with Crippen molar-refractivity contribution < 1.29 is 24.5 Å². The number of unbranched alkanes of at least 4 members (excludes halogenated alkanes) is 60. The summed E-state index contributed by atoms with van der Waals surface area (Å²) < 4.78 is 5.51. The quantitative estimate of drug-likeness (QED) is 0.0320. The molecular formula is C77H151NO5. The summed E-state index contributed by atoms with van der Waals surface area (Å²) in [6.45, 7) is 5.01.